The lowest BCUT2D eigenvalue weighted by Gasteiger charge is -2.33. The van der Waals surface area contributed by atoms with Gasteiger partial charge in [-0.25, -0.2) is 9.37 Å². The van der Waals surface area contributed by atoms with Gasteiger partial charge < -0.3 is 29.7 Å². The number of nitrogens with one attached hydrogen (secondary N) is 1. The molecule has 9 heteroatoms. The molecule has 1 aromatic heterocycles. The fraction of sp³-hybridized carbons (Fsp3) is 0.433. The van der Waals surface area contributed by atoms with E-state index in [1.165, 1.54) is 12.1 Å². The van der Waals surface area contributed by atoms with Crippen molar-refractivity contribution in [2.45, 2.75) is 45.4 Å². The monoisotopic (exact) mass is 539 g/mol. The maximum Gasteiger partial charge on any atom is 0.137 e. The van der Waals surface area contributed by atoms with Gasteiger partial charge in [-0.2, -0.15) is 0 Å². The van der Waals surface area contributed by atoms with Gasteiger partial charge >= 0.3 is 0 Å². The van der Waals surface area contributed by atoms with Crippen LogP contribution in [0.4, 0.5) is 10.2 Å². The molecule has 2 heterocycles. The average Bonchev–Trinajstić information content (AvgIpc) is 2.94. The summed E-state index contributed by atoms with van der Waals surface area (Å²) in [7, 11) is 0. The number of halogens is 1. The number of nitrogens with zero attached hydrogens (tertiary/aromatic N) is 2. The molecule has 0 bridgehead atoms. The van der Waals surface area contributed by atoms with Gasteiger partial charge in [0, 0.05) is 25.7 Å². The normalized spacial score (nSPS) is 15.1. The molecule has 8 nitrogen and oxygen atoms in total. The number of benzene rings is 2. The molecule has 0 amide bonds. The van der Waals surface area contributed by atoms with Crippen LogP contribution in [-0.4, -0.2) is 71.8 Å². The molecule has 0 radical (unpaired) electrons. The molecule has 1 aliphatic rings. The van der Waals surface area contributed by atoms with Gasteiger partial charge in [-0.15, -0.1) is 0 Å². The van der Waals surface area contributed by atoms with Crippen LogP contribution in [0.25, 0.3) is 11.1 Å². The molecule has 0 spiro atoms. The highest BCUT2D eigenvalue weighted by Crippen LogP contribution is 2.40. The summed E-state index contributed by atoms with van der Waals surface area (Å²) in [6.07, 6.45) is 2.67. The highest BCUT2D eigenvalue weighted by atomic mass is 19.1. The number of rotatable bonds is 13. The molecule has 210 valence electrons. The molecule has 1 aliphatic heterocycles. The van der Waals surface area contributed by atoms with E-state index in [0.717, 1.165) is 66.5 Å². The van der Waals surface area contributed by atoms with E-state index in [0.29, 0.717) is 25.0 Å². The minimum atomic E-state index is -0.905. The Morgan fingerprint density at radius 3 is 2.23 bits per heavy atom. The van der Waals surface area contributed by atoms with Crippen molar-refractivity contribution in [1.82, 2.24) is 9.88 Å². The number of ether oxygens (including phenoxy) is 3. The van der Waals surface area contributed by atoms with Crippen molar-refractivity contribution in [1.29, 1.82) is 0 Å². The van der Waals surface area contributed by atoms with Gasteiger partial charge in [0.2, 0.25) is 0 Å². The molecule has 3 N–H and O–H groups in total. The fourth-order valence-electron chi connectivity index (χ4n) is 4.67. The summed E-state index contributed by atoms with van der Waals surface area (Å²) in [6, 6.07) is 14.5. The van der Waals surface area contributed by atoms with Crippen molar-refractivity contribution in [2.75, 3.05) is 44.8 Å². The molecule has 39 heavy (non-hydrogen) atoms. The largest absolute Gasteiger partial charge is 0.493 e. The van der Waals surface area contributed by atoms with Crippen LogP contribution in [0.5, 0.6) is 17.2 Å². The maximum atomic E-state index is 13.6. The van der Waals surface area contributed by atoms with Gasteiger partial charge in [0.1, 0.15) is 41.6 Å². The van der Waals surface area contributed by atoms with Gasteiger partial charge in [-0.1, -0.05) is 12.1 Å². The Morgan fingerprint density at radius 1 is 1.00 bits per heavy atom. The first-order valence-corrected chi connectivity index (χ1v) is 13.5. The quantitative estimate of drug-likeness (QED) is 0.292. The first-order chi connectivity index (χ1) is 19.0. The van der Waals surface area contributed by atoms with E-state index in [2.05, 4.69) is 27.3 Å². The Balaban J connectivity index is 1.37. The highest BCUT2D eigenvalue weighted by molar-refractivity contribution is 5.77. The van der Waals surface area contributed by atoms with Crippen LogP contribution in [0.2, 0.25) is 0 Å². The minimum Gasteiger partial charge on any atom is -0.493 e. The molecule has 1 fully saturated rings. The topological polar surface area (TPSA) is 96.3 Å². The molecule has 1 unspecified atom stereocenters. The zero-order valence-electron chi connectivity index (χ0n) is 22.6. The van der Waals surface area contributed by atoms with Crippen molar-refractivity contribution in [2.24, 2.45) is 0 Å². The van der Waals surface area contributed by atoms with Crippen LogP contribution in [0.1, 0.15) is 32.3 Å². The summed E-state index contributed by atoms with van der Waals surface area (Å²) in [6.45, 7) is 7.29. The molecule has 0 saturated carbocycles. The standard InChI is InChI=1S/C30H38FN3O5/c1-3-37-27-15-21(16-28(38-4-2)30(27)22-5-7-23(31)8-6-22)18-34-13-11-24(12-14-34)33-29-10-9-26(17-32-29)39-20-25(36)19-35/h5-10,15-17,24-25,35-36H,3-4,11-14,18-20H2,1-2H3,(H,32,33). The van der Waals surface area contributed by atoms with Gasteiger partial charge in [0.05, 0.1) is 31.6 Å². The summed E-state index contributed by atoms with van der Waals surface area (Å²) in [4.78, 5) is 6.84. The summed E-state index contributed by atoms with van der Waals surface area (Å²) in [5, 5.41) is 21.8. The number of anilines is 1. The fourth-order valence-corrected chi connectivity index (χ4v) is 4.67. The van der Waals surface area contributed by atoms with Crippen molar-refractivity contribution < 1.29 is 28.8 Å². The summed E-state index contributed by atoms with van der Waals surface area (Å²) < 4.78 is 31.0. The third-order valence-corrected chi connectivity index (χ3v) is 6.59. The van der Waals surface area contributed by atoms with E-state index in [1.54, 1.807) is 24.4 Å². The van der Waals surface area contributed by atoms with Crippen molar-refractivity contribution >= 4 is 5.82 Å². The van der Waals surface area contributed by atoms with Crippen molar-refractivity contribution in [3.8, 4) is 28.4 Å². The predicted octanol–water partition coefficient (Wildman–Crippen LogP) is 4.49. The lowest BCUT2D eigenvalue weighted by Crippen LogP contribution is -2.38. The van der Waals surface area contributed by atoms with E-state index in [-0.39, 0.29) is 19.0 Å². The highest BCUT2D eigenvalue weighted by Gasteiger charge is 2.22. The van der Waals surface area contributed by atoms with Gasteiger partial charge in [-0.05, 0) is 74.2 Å². The predicted molar refractivity (Wildman–Crippen MR) is 149 cm³/mol. The molecule has 3 aromatic rings. The van der Waals surface area contributed by atoms with Crippen molar-refractivity contribution in [3.05, 3.63) is 66.1 Å². The Hall–Kier alpha value is -3.40. The molecular weight excluding hydrogens is 501 g/mol. The van der Waals surface area contributed by atoms with Crippen LogP contribution >= 0.6 is 0 Å². The number of hydrogen-bond acceptors (Lipinski definition) is 8. The number of likely N-dealkylation sites (tertiary alicyclic amines) is 1. The number of hydrogen-bond donors (Lipinski definition) is 3. The molecule has 4 rings (SSSR count). The number of aliphatic hydroxyl groups excluding tert-OH is 2. The van der Waals surface area contributed by atoms with Gasteiger partial charge in [-0.3, -0.25) is 4.90 Å². The van der Waals surface area contributed by atoms with Crippen LogP contribution in [0, 0.1) is 5.82 Å². The third-order valence-electron chi connectivity index (χ3n) is 6.59. The number of pyridine rings is 1. The average molecular weight is 540 g/mol. The number of aromatic nitrogens is 1. The second kappa shape index (κ2) is 14.1. The molecule has 1 atom stereocenters. The van der Waals surface area contributed by atoms with E-state index >= 15 is 0 Å². The zero-order chi connectivity index (χ0) is 27.6. The SMILES string of the molecule is CCOc1cc(CN2CCC(Nc3ccc(OCC(O)CO)cn3)CC2)cc(OCC)c1-c1ccc(F)cc1. The van der Waals surface area contributed by atoms with Gasteiger partial charge in [0.15, 0.2) is 0 Å². The summed E-state index contributed by atoms with van der Waals surface area (Å²) in [5.41, 5.74) is 2.82. The van der Waals surface area contributed by atoms with Crippen LogP contribution in [-0.2, 0) is 6.54 Å². The second-order valence-corrected chi connectivity index (χ2v) is 9.56. The van der Waals surface area contributed by atoms with E-state index < -0.39 is 6.10 Å². The Labute approximate surface area is 229 Å². The molecule has 0 aliphatic carbocycles. The van der Waals surface area contributed by atoms with Gasteiger partial charge in [0.25, 0.3) is 0 Å². The van der Waals surface area contributed by atoms with Crippen LogP contribution < -0.4 is 19.5 Å². The molecular formula is C30H38FN3O5. The van der Waals surface area contributed by atoms with Crippen molar-refractivity contribution in [3.63, 3.8) is 0 Å². The lowest BCUT2D eigenvalue weighted by molar-refractivity contribution is 0.0535. The zero-order valence-corrected chi connectivity index (χ0v) is 22.6. The second-order valence-electron chi connectivity index (χ2n) is 9.56. The van der Waals surface area contributed by atoms with Crippen LogP contribution in [0.15, 0.2) is 54.7 Å². The van der Waals surface area contributed by atoms with E-state index in [1.807, 2.05) is 19.9 Å². The summed E-state index contributed by atoms with van der Waals surface area (Å²) in [5.74, 6) is 2.53. The van der Waals surface area contributed by atoms with Crippen LogP contribution in [0.3, 0.4) is 0 Å². The Morgan fingerprint density at radius 2 is 1.67 bits per heavy atom. The lowest BCUT2D eigenvalue weighted by atomic mass is 9.99. The maximum absolute atomic E-state index is 13.6. The van der Waals surface area contributed by atoms with E-state index in [4.69, 9.17) is 19.3 Å². The molecule has 2 aromatic carbocycles. The Bertz CT molecular complexity index is 1140. The number of piperidine rings is 1. The first-order valence-electron chi connectivity index (χ1n) is 13.5. The Kier molecular flexibility index (Phi) is 10.4. The first kappa shape index (κ1) is 28.6. The summed E-state index contributed by atoms with van der Waals surface area (Å²) >= 11 is 0. The minimum absolute atomic E-state index is 0.0243. The number of aliphatic hydroxyl groups is 2. The smallest absolute Gasteiger partial charge is 0.137 e. The van der Waals surface area contributed by atoms with E-state index in [9.17, 15) is 9.50 Å². The molecule has 1 saturated heterocycles. The third kappa shape index (κ3) is 8.05.